The Balaban J connectivity index is 2.00. The van der Waals surface area contributed by atoms with Crippen LogP contribution in [0.4, 0.5) is 4.79 Å². The van der Waals surface area contributed by atoms with Crippen LogP contribution >= 0.6 is 0 Å². The highest BCUT2D eigenvalue weighted by Crippen LogP contribution is 2.06. The van der Waals surface area contributed by atoms with E-state index in [0.29, 0.717) is 0 Å². The second kappa shape index (κ2) is 8.47. The van der Waals surface area contributed by atoms with Crippen molar-refractivity contribution in [1.82, 2.24) is 20.4 Å². The van der Waals surface area contributed by atoms with E-state index in [0.717, 1.165) is 32.4 Å². The first-order valence-electron chi connectivity index (χ1n) is 7.90. The maximum absolute atomic E-state index is 11.7. The van der Waals surface area contributed by atoms with Gasteiger partial charge in [0.1, 0.15) is 0 Å². The lowest BCUT2D eigenvalue weighted by molar-refractivity contribution is 0.152. The molecule has 1 aliphatic heterocycles. The normalized spacial score (nSPS) is 18.0. The number of hydrogen-bond donors (Lipinski definition) is 2. The molecule has 0 aliphatic carbocycles. The van der Waals surface area contributed by atoms with Gasteiger partial charge in [0.2, 0.25) is 0 Å². The molecule has 0 spiro atoms. The molecule has 5 heteroatoms. The van der Waals surface area contributed by atoms with Crippen LogP contribution in [0.1, 0.15) is 40.0 Å². The van der Waals surface area contributed by atoms with Crippen LogP contribution < -0.4 is 10.6 Å². The summed E-state index contributed by atoms with van der Waals surface area (Å²) in [5, 5.41) is 5.93. The van der Waals surface area contributed by atoms with Crippen LogP contribution in [-0.2, 0) is 0 Å². The van der Waals surface area contributed by atoms with Gasteiger partial charge in [0.25, 0.3) is 0 Å². The Morgan fingerprint density at radius 2 is 1.80 bits per heavy atom. The number of urea groups is 1. The summed E-state index contributed by atoms with van der Waals surface area (Å²) in [6.07, 6.45) is 3.14. The maximum Gasteiger partial charge on any atom is 0.315 e. The van der Waals surface area contributed by atoms with E-state index in [2.05, 4.69) is 34.4 Å². The highest BCUT2D eigenvalue weighted by atomic mass is 16.2. The van der Waals surface area contributed by atoms with E-state index in [-0.39, 0.29) is 11.6 Å². The average Bonchev–Trinajstić information content (AvgIpc) is 2.40. The fourth-order valence-electron chi connectivity index (χ4n) is 2.17. The molecular formula is C15H32N4O. The van der Waals surface area contributed by atoms with Crippen LogP contribution in [0.25, 0.3) is 0 Å². The standard InChI is InChI=1S/C15H32N4O/c1-5-15(2,3)17-14(20)16-8-6-7-9-19-12-10-18(4)11-13-19/h5-13H2,1-4H3,(H2,16,17,20). The van der Waals surface area contributed by atoms with Crippen molar-refractivity contribution >= 4 is 6.03 Å². The van der Waals surface area contributed by atoms with Crippen molar-refractivity contribution < 1.29 is 4.79 Å². The molecule has 0 aromatic heterocycles. The zero-order valence-electron chi connectivity index (χ0n) is 13.7. The number of amides is 2. The Morgan fingerprint density at radius 1 is 1.15 bits per heavy atom. The molecule has 5 nitrogen and oxygen atoms in total. The number of carbonyl (C=O) groups excluding carboxylic acids is 1. The van der Waals surface area contributed by atoms with Crippen molar-refractivity contribution in [2.45, 2.75) is 45.6 Å². The average molecular weight is 284 g/mol. The van der Waals surface area contributed by atoms with Crippen LogP contribution in [-0.4, -0.2) is 67.7 Å². The summed E-state index contributed by atoms with van der Waals surface area (Å²) in [5.74, 6) is 0. The second-order valence-electron chi connectivity index (χ2n) is 6.47. The van der Waals surface area contributed by atoms with E-state index < -0.39 is 0 Å². The zero-order valence-corrected chi connectivity index (χ0v) is 13.7. The Hall–Kier alpha value is -0.810. The minimum Gasteiger partial charge on any atom is -0.338 e. The van der Waals surface area contributed by atoms with Crippen LogP contribution in [0, 0.1) is 0 Å². The van der Waals surface area contributed by atoms with Gasteiger partial charge in [0, 0.05) is 38.3 Å². The van der Waals surface area contributed by atoms with Crippen molar-refractivity contribution in [3.63, 3.8) is 0 Å². The van der Waals surface area contributed by atoms with Gasteiger partial charge in [-0.1, -0.05) is 6.92 Å². The van der Waals surface area contributed by atoms with E-state index in [1.54, 1.807) is 0 Å². The number of rotatable bonds is 7. The van der Waals surface area contributed by atoms with E-state index in [1.165, 1.54) is 26.2 Å². The van der Waals surface area contributed by atoms with E-state index in [1.807, 2.05) is 13.8 Å². The van der Waals surface area contributed by atoms with E-state index in [4.69, 9.17) is 0 Å². The Labute approximate surface area is 124 Å². The van der Waals surface area contributed by atoms with Gasteiger partial charge in [-0.15, -0.1) is 0 Å². The summed E-state index contributed by atoms with van der Waals surface area (Å²) in [4.78, 5) is 16.6. The van der Waals surface area contributed by atoms with Crippen molar-refractivity contribution in [3.05, 3.63) is 0 Å². The molecule has 1 aliphatic rings. The van der Waals surface area contributed by atoms with Crippen LogP contribution in [0.3, 0.4) is 0 Å². The van der Waals surface area contributed by atoms with Gasteiger partial charge in [0.05, 0.1) is 0 Å². The first-order valence-corrected chi connectivity index (χ1v) is 7.90. The third kappa shape index (κ3) is 7.10. The van der Waals surface area contributed by atoms with Crippen molar-refractivity contribution in [1.29, 1.82) is 0 Å². The molecule has 20 heavy (non-hydrogen) atoms. The minimum atomic E-state index is -0.121. The van der Waals surface area contributed by atoms with Crippen LogP contribution in [0.15, 0.2) is 0 Å². The topological polar surface area (TPSA) is 47.6 Å². The number of nitrogens with zero attached hydrogens (tertiary/aromatic N) is 2. The van der Waals surface area contributed by atoms with E-state index >= 15 is 0 Å². The quantitative estimate of drug-likeness (QED) is 0.697. The maximum atomic E-state index is 11.7. The van der Waals surface area contributed by atoms with Gasteiger partial charge in [-0.2, -0.15) is 0 Å². The number of hydrogen-bond acceptors (Lipinski definition) is 3. The fourth-order valence-corrected chi connectivity index (χ4v) is 2.17. The van der Waals surface area contributed by atoms with Crippen molar-refractivity contribution in [3.8, 4) is 0 Å². The largest absolute Gasteiger partial charge is 0.338 e. The first kappa shape index (κ1) is 17.2. The summed E-state index contributed by atoms with van der Waals surface area (Å²) < 4.78 is 0. The Kier molecular flexibility index (Phi) is 7.30. The third-order valence-electron chi connectivity index (χ3n) is 4.12. The molecule has 0 aromatic carbocycles. The smallest absolute Gasteiger partial charge is 0.315 e. The Morgan fingerprint density at radius 3 is 2.40 bits per heavy atom. The molecule has 0 atom stereocenters. The molecule has 1 fully saturated rings. The van der Waals surface area contributed by atoms with Gasteiger partial charge in [0.15, 0.2) is 0 Å². The summed E-state index contributed by atoms with van der Waals surface area (Å²) in [6, 6.07) is -0.0450. The summed E-state index contributed by atoms with van der Waals surface area (Å²) >= 11 is 0. The van der Waals surface area contributed by atoms with Crippen molar-refractivity contribution in [2.75, 3.05) is 46.3 Å². The van der Waals surface area contributed by atoms with Gasteiger partial charge in [-0.05, 0) is 46.7 Å². The fraction of sp³-hybridized carbons (Fsp3) is 0.933. The number of unbranched alkanes of at least 4 members (excludes halogenated alkanes) is 1. The zero-order chi connectivity index (χ0) is 15.0. The second-order valence-corrected chi connectivity index (χ2v) is 6.47. The molecule has 1 heterocycles. The molecule has 2 amide bonds. The Bertz CT molecular complexity index is 286. The lowest BCUT2D eigenvalue weighted by Crippen LogP contribution is -2.48. The van der Waals surface area contributed by atoms with E-state index in [9.17, 15) is 4.79 Å². The molecule has 2 N–H and O–H groups in total. The highest BCUT2D eigenvalue weighted by molar-refractivity contribution is 5.74. The summed E-state index contributed by atoms with van der Waals surface area (Å²) in [6.45, 7) is 12.8. The number of carbonyl (C=O) groups is 1. The predicted molar refractivity (Wildman–Crippen MR) is 84.1 cm³/mol. The van der Waals surface area contributed by atoms with Crippen LogP contribution in [0.5, 0.6) is 0 Å². The van der Waals surface area contributed by atoms with Gasteiger partial charge in [-0.3, -0.25) is 0 Å². The lowest BCUT2D eigenvalue weighted by atomic mass is 10.0. The predicted octanol–water partition coefficient (Wildman–Crippen LogP) is 1.50. The summed E-state index contributed by atoms with van der Waals surface area (Å²) in [7, 11) is 2.18. The van der Waals surface area contributed by atoms with Crippen molar-refractivity contribution in [2.24, 2.45) is 0 Å². The first-order chi connectivity index (χ1) is 9.43. The third-order valence-corrected chi connectivity index (χ3v) is 4.12. The summed E-state index contributed by atoms with van der Waals surface area (Å²) in [5.41, 5.74) is -0.121. The monoisotopic (exact) mass is 284 g/mol. The van der Waals surface area contributed by atoms with Gasteiger partial charge in [-0.25, -0.2) is 4.79 Å². The molecule has 118 valence electrons. The van der Waals surface area contributed by atoms with Gasteiger partial charge < -0.3 is 20.4 Å². The van der Waals surface area contributed by atoms with Crippen LogP contribution in [0.2, 0.25) is 0 Å². The molecule has 0 radical (unpaired) electrons. The molecule has 0 saturated carbocycles. The van der Waals surface area contributed by atoms with Gasteiger partial charge >= 0.3 is 6.03 Å². The SMILES string of the molecule is CCC(C)(C)NC(=O)NCCCCN1CCN(C)CC1. The molecule has 0 unspecified atom stereocenters. The highest BCUT2D eigenvalue weighted by Gasteiger charge is 2.17. The minimum absolute atomic E-state index is 0.0450. The molecular weight excluding hydrogens is 252 g/mol. The molecule has 1 saturated heterocycles. The molecule has 1 rings (SSSR count). The molecule has 0 aromatic rings. The molecule has 0 bridgehead atoms. The lowest BCUT2D eigenvalue weighted by Gasteiger charge is -2.32. The number of piperazine rings is 1. The number of nitrogens with one attached hydrogen (secondary N) is 2. The number of likely N-dealkylation sites (N-methyl/N-ethyl adjacent to an activating group) is 1.